The summed E-state index contributed by atoms with van der Waals surface area (Å²) in [6, 6.07) is 24.4. The van der Waals surface area contributed by atoms with E-state index < -0.39 is 5.91 Å². The van der Waals surface area contributed by atoms with Gasteiger partial charge in [-0.05, 0) is 42.0 Å². The quantitative estimate of drug-likeness (QED) is 0.500. The molecule has 0 bridgehead atoms. The minimum Gasteiger partial charge on any atom is -0.511 e. The van der Waals surface area contributed by atoms with Gasteiger partial charge in [0.05, 0.1) is 22.8 Å². The predicted molar refractivity (Wildman–Crippen MR) is 131 cm³/mol. The number of ketones is 1. The second kappa shape index (κ2) is 10.1. The van der Waals surface area contributed by atoms with Gasteiger partial charge < -0.3 is 10.4 Å². The van der Waals surface area contributed by atoms with Crippen molar-refractivity contribution in [1.82, 2.24) is 0 Å². The Morgan fingerprint density at radius 3 is 2.15 bits per heavy atom. The molecule has 33 heavy (non-hydrogen) atoms. The summed E-state index contributed by atoms with van der Waals surface area (Å²) < 4.78 is 0. The molecule has 1 heterocycles. The molecular weight excluding hydrogens is 436 g/mol. The molecule has 1 aliphatic heterocycles. The van der Waals surface area contributed by atoms with Gasteiger partial charge in [0.25, 0.3) is 11.8 Å². The molecule has 6 nitrogen and oxygen atoms in total. The Morgan fingerprint density at radius 2 is 1.52 bits per heavy atom. The van der Waals surface area contributed by atoms with Crippen LogP contribution in [0.1, 0.15) is 32.7 Å². The molecular formula is C26H20N2O4S. The minimum atomic E-state index is -0.515. The van der Waals surface area contributed by atoms with Crippen LogP contribution in [0.2, 0.25) is 0 Å². The van der Waals surface area contributed by atoms with Crippen molar-refractivity contribution < 1.29 is 19.5 Å². The van der Waals surface area contributed by atoms with Crippen molar-refractivity contribution in [1.29, 1.82) is 0 Å². The lowest BCUT2D eigenvalue weighted by Gasteiger charge is -2.15. The van der Waals surface area contributed by atoms with Crippen molar-refractivity contribution in [3.05, 3.63) is 107 Å². The number of benzene rings is 3. The molecule has 7 heteroatoms. The van der Waals surface area contributed by atoms with Gasteiger partial charge in [0.1, 0.15) is 5.76 Å². The molecule has 3 aromatic carbocycles. The first-order chi connectivity index (χ1) is 16.0. The molecule has 0 fully saturated rings. The Labute approximate surface area is 195 Å². The van der Waals surface area contributed by atoms with Crippen molar-refractivity contribution >= 4 is 45.7 Å². The molecule has 0 atom stereocenters. The van der Waals surface area contributed by atoms with Gasteiger partial charge >= 0.3 is 0 Å². The number of allylic oxidation sites excluding steroid dienone is 1. The lowest BCUT2D eigenvalue weighted by molar-refractivity contribution is -0.112. The summed E-state index contributed by atoms with van der Waals surface area (Å²) in [5, 5.41) is 13.6. The van der Waals surface area contributed by atoms with Gasteiger partial charge in [0.2, 0.25) is 0 Å². The average Bonchev–Trinajstić information content (AvgIpc) is 2.84. The maximum atomic E-state index is 12.6. The molecule has 0 radical (unpaired) electrons. The molecule has 2 N–H and O–H groups in total. The van der Waals surface area contributed by atoms with E-state index in [1.54, 1.807) is 72.8 Å². The Bertz CT molecular complexity index is 1250. The molecule has 3 aromatic rings. The number of nitrogens with one attached hydrogen (secondary N) is 1. The monoisotopic (exact) mass is 456 g/mol. The highest BCUT2D eigenvalue weighted by Crippen LogP contribution is 2.28. The largest absolute Gasteiger partial charge is 0.511 e. The van der Waals surface area contributed by atoms with Crippen LogP contribution in [0.3, 0.4) is 0 Å². The highest BCUT2D eigenvalue weighted by atomic mass is 32.2. The molecule has 0 saturated carbocycles. The van der Waals surface area contributed by atoms with Crippen molar-refractivity contribution in [2.45, 2.75) is 6.42 Å². The number of thioether (sulfide) groups is 1. The molecule has 2 amide bonds. The fourth-order valence-corrected chi connectivity index (χ4v) is 4.16. The van der Waals surface area contributed by atoms with Crippen LogP contribution in [0.4, 0.5) is 5.69 Å². The highest BCUT2D eigenvalue weighted by Gasteiger charge is 2.24. The maximum Gasteiger partial charge on any atom is 0.281 e. The maximum absolute atomic E-state index is 12.6. The van der Waals surface area contributed by atoms with E-state index in [4.69, 9.17) is 0 Å². The van der Waals surface area contributed by atoms with E-state index in [2.05, 4.69) is 10.3 Å². The molecule has 1 aliphatic rings. The van der Waals surface area contributed by atoms with Crippen molar-refractivity contribution in [2.24, 2.45) is 4.99 Å². The van der Waals surface area contributed by atoms with E-state index >= 15 is 0 Å². The number of carbonyl (C=O) groups is 3. The second-order valence-electron chi connectivity index (χ2n) is 7.28. The third kappa shape index (κ3) is 5.45. The molecule has 0 spiro atoms. The Kier molecular flexibility index (Phi) is 6.80. The highest BCUT2D eigenvalue weighted by molar-refractivity contribution is 8.14. The molecule has 0 aromatic heterocycles. The van der Waals surface area contributed by atoms with Gasteiger partial charge in [-0.1, -0.05) is 48.5 Å². The van der Waals surface area contributed by atoms with Crippen LogP contribution in [0.25, 0.3) is 5.57 Å². The SMILES string of the molecule is O=C1N=C(SCC(=O)c2ccc(NC(=O)c3ccccc3)cc2)CC(O)=C1c1ccccc1. The van der Waals surface area contributed by atoms with E-state index in [-0.39, 0.29) is 35.2 Å². The zero-order valence-electron chi connectivity index (χ0n) is 17.5. The first-order valence-electron chi connectivity index (χ1n) is 10.2. The Balaban J connectivity index is 1.34. The van der Waals surface area contributed by atoms with Gasteiger partial charge in [0, 0.05) is 16.8 Å². The number of dihydropyridines is 1. The molecule has 0 saturated heterocycles. The number of amides is 2. The summed E-state index contributed by atoms with van der Waals surface area (Å²) in [6.45, 7) is 0. The summed E-state index contributed by atoms with van der Waals surface area (Å²) in [5.41, 5.74) is 2.42. The summed E-state index contributed by atoms with van der Waals surface area (Å²) in [5.74, 6) is -0.857. The average molecular weight is 457 g/mol. The van der Waals surface area contributed by atoms with Gasteiger partial charge in [-0.3, -0.25) is 14.4 Å². The Morgan fingerprint density at radius 1 is 0.879 bits per heavy atom. The van der Waals surface area contributed by atoms with Crippen LogP contribution in [0, 0.1) is 0 Å². The third-order valence-electron chi connectivity index (χ3n) is 4.98. The fraction of sp³-hybridized carbons (Fsp3) is 0.0769. The summed E-state index contributed by atoms with van der Waals surface area (Å²) in [7, 11) is 0. The third-order valence-corrected chi connectivity index (χ3v) is 5.96. The van der Waals surface area contributed by atoms with Crippen LogP contribution in [-0.4, -0.2) is 33.5 Å². The minimum absolute atomic E-state index is 0.0466. The molecule has 164 valence electrons. The first kappa shape index (κ1) is 22.2. The van der Waals surface area contributed by atoms with E-state index in [0.717, 1.165) is 11.8 Å². The number of aliphatic imine (C=N–C) groups is 1. The van der Waals surface area contributed by atoms with Gasteiger partial charge in [-0.2, -0.15) is 0 Å². The molecule has 0 unspecified atom stereocenters. The smallest absolute Gasteiger partial charge is 0.281 e. The summed E-state index contributed by atoms with van der Waals surface area (Å²) in [4.78, 5) is 41.3. The number of anilines is 1. The number of carbonyl (C=O) groups excluding carboxylic acids is 3. The summed E-state index contributed by atoms with van der Waals surface area (Å²) in [6.07, 6.45) is 0.109. The zero-order valence-corrected chi connectivity index (χ0v) is 18.3. The molecule has 0 aliphatic carbocycles. The number of nitrogens with zero attached hydrogens (tertiary/aromatic N) is 1. The lowest BCUT2D eigenvalue weighted by Crippen LogP contribution is -2.15. The Hall–Kier alpha value is -3.97. The zero-order chi connectivity index (χ0) is 23.2. The number of rotatable bonds is 6. The number of aliphatic hydroxyl groups excluding tert-OH is 1. The van der Waals surface area contributed by atoms with E-state index in [1.165, 1.54) is 0 Å². The first-order valence-corrected chi connectivity index (χ1v) is 11.2. The van der Waals surface area contributed by atoms with E-state index in [9.17, 15) is 19.5 Å². The molecule has 4 rings (SSSR count). The van der Waals surface area contributed by atoms with Crippen LogP contribution in [0.15, 0.2) is 95.7 Å². The second-order valence-corrected chi connectivity index (χ2v) is 8.33. The topological polar surface area (TPSA) is 95.8 Å². The van der Waals surface area contributed by atoms with Crippen LogP contribution in [-0.2, 0) is 4.79 Å². The van der Waals surface area contributed by atoms with Gasteiger partial charge in [0.15, 0.2) is 5.78 Å². The summed E-state index contributed by atoms with van der Waals surface area (Å²) >= 11 is 1.13. The van der Waals surface area contributed by atoms with Crippen LogP contribution >= 0.6 is 11.8 Å². The predicted octanol–water partition coefficient (Wildman–Crippen LogP) is 5.15. The van der Waals surface area contributed by atoms with Gasteiger partial charge in [-0.25, -0.2) is 4.99 Å². The standard InChI is InChI=1S/C26H20N2O4S/c29-21-15-23(28-26(32)24(21)18-7-3-1-4-8-18)33-16-22(30)17-11-13-20(14-12-17)27-25(31)19-9-5-2-6-10-19/h1-14,29H,15-16H2,(H,27,31). The number of aliphatic hydroxyl groups is 1. The number of hydrogen-bond acceptors (Lipinski definition) is 5. The normalized spacial score (nSPS) is 13.5. The van der Waals surface area contributed by atoms with Crippen molar-refractivity contribution in [2.75, 3.05) is 11.1 Å². The van der Waals surface area contributed by atoms with Crippen molar-refractivity contribution in [3.63, 3.8) is 0 Å². The fourth-order valence-electron chi connectivity index (χ4n) is 3.31. The van der Waals surface area contributed by atoms with Gasteiger partial charge in [-0.15, -0.1) is 11.8 Å². The lowest BCUT2D eigenvalue weighted by atomic mass is 10.0. The van der Waals surface area contributed by atoms with E-state index in [0.29, 0.717) is 27.4 Å². The number of Topliss-reactive ketones (excluding diaryl/α,β-unsaturated/α-hetero) is 1. The number of hydrogen-bond donors (Lipinski definition) is 2. The van der Waals surface area contributed by atoms with Crippen LogP contribution in [0.5, 0.6) is 0 Å². The van der Waals surface area contributed by atoms with E-state index in [1.807, 2.05) is 12.1 Å². The van der Waals surface area contributed by atoms with Crippen LogP contribution < -0.4 is 5.32 Å². The van der Waals surface area contributed by atoms with Crippen molar-refractivity contribution in [3.8, 4) is 0 Å².